The number of halogens is 1. The molecule has 1 saturated carbocycles. The number of alkyl halides is 1. The van der Waals surface area contributed by atoms with Crippen LogP contribution < -0.4 is 10.6 Å². The Morgan fingerprint density at radius 2 is 2.15 bits per heavy atom. The number of nitrogens with zero attached hydrogens (tertiary/aromatic N) is 1. The first-order chi connectivity index (χ1) is 6.20. The van der Waals surface area contributed by atoms with E-state index in [1.165, 1.54) is 0 Å². The molecule has 2 fully saturated rings. The number of hydrogen-bond donors (Lipinski definition) is 2. The standard InChI is InChI=1S/C9H14BrN3/c1-5-12-8-3-6(4-11)2-7(10)9(8)13-5/h5-9,12-13H,2-3H2,1H3. The summed E-state index contributed by atoms with van der Waals surface area (Å²) in [5.41, 5.74) is 0. The van der Waals surface area contributed by atoms with Crippen LogP contribution in [-0.4, -0.2) is 23.1 Å². The van der Waals surface area contributed by atoms with E-state index in [2.05, 4.69) is 39.6 Å². The Hall–Kier alpha value is -0.110. The van der Waals surface area contributed by atoms with Gasteiger partial charge in [0.05, 0.1) is 12.2 Å². The third kappa shape index (κ3) is 1.74. The van der Waals surface area contributed by atoms with Gasteiger partial charge in [-0.3, -0.25) is 10.6 Å². The fourth-order valence-electron chi connectivity index (χ4n) is 2.38. The summed E-state index contributed by atoms with van der Waals surface area (Å²) in [6.45, 7) is 2.12. The van der Waals surface area contributed by atoms with Gasteiger partial charge in [-0.2, -0.15) is 5.26 Å². The van der Waals surface area contributed by atoms with Gasteiger partial charge in [-0.1, -0.05) is 15.9 Å². The van der Waals surface area contributed by atoms with Gasteiger partial charge in [0.25, 0.3) is 0 Å². The summed E-state index contributed by atoms with van der Waals surface area (Å²) in [5, 5.41) is 15.8. The lowest BCUT2D eigenvalue weighted by Crippen LogP contribution is -2.46. The molecule has 0 spiro atoms. The van der Waals surface area contributed by atoms with Crippen LogP contribution in [0, 0.1) is 17.2 Å². The number of rotatable bonds is 0. The van der Waals surface area contributed by atoms with Crippen LogP contribution in [-0.2, 0) is 0 Å². The second-order valence-corrected chi connectivity index (χ2v) is 5.18. The molecule has 1 heterocycles. The zero-order chi connectivity index (χ0) is 9.42. The first kappa shape index (κ1) is 9.45. The third-order valence-electron chi connectivity index (χ3n) is 2.96. The Bertz CT molecular complexity index is 238. The van der Waals surface area contributed by atoms with E-state index < -0.39 is 0 Å². The van der Waals surface area contributed by atoms with Crippen molar-refractivity contribution >= 4 is 15.9 Å². The zero-order valence-corrected chi connectivity index (χ0v) is 9.21. The molecule has 0 amide bonds. The van der Waals surface area contributed by atoms with E-state index in [0.29, 0.717) is 23.1 Å². The maximum absolute atomic E-state index is 8.88. The summed E-state index contributed by atoms with van der Waals surface area (Å²) in [4.78, 5) is 0.438. The van der Waals surface area contributed by atoms with E-state index in [1.54, 1.807) is 0 Å². The first-order valence-corrected chi connectivity index (χ1v) is 5.68. The van der Waals surface area contributed by atoms with Crippen molar-refractivity contribution in [1.29, 1.82) is 5.26 Å². The van der Waals surface area contributed by atoms with Crippen molar-refractivity contribution in [1.82, 2.24) is 10.6 Å². The van der Waals surface area contributed by atoms with Gasteiger partial charge in [0, 0.05) is 22.8 Å². The van der Waals surface area contributed by atoms with Crippen LogP contribution >= 0.6 is 15.9 Å². The molecule has 0 bridgehead atoms. The topological polar surface area (TPSA) is 47.9 Å². The highest BCUT2D eigenvalue weighted by molar-refractivity contribution is 9.09. The highest BCUT2D eigenvalue weighted by Crippen LogP contribution is 2.31. The highest BCUT2D eigenvalue weighted by Gasteiger charge is 2.41. The lowest BCUT2D eigenvalue weighted by atomic mass is 9.84. The number of hydrogen-bond acceptors (Lipinski definition) is 3. The molecule has 1 saturated heterocycles. The van der Waals surface area contributed by atoms with E-state index in [1.807, 2.05) is 0 Å². The first-order valence-electron chi connectivity index (χ1n) is 4.76. The summed E-state index contributed by atoms with van der Waals surface area (Å²) < 4.78 is 0. The maximum Gasteiger partial charge on any atom is 0.0656 e. The van der Waals surface area contributed by atoms with Gasteiger partial charge in [-0.05, 0) is 19.8 Å². The molecule has 5 unspecified atom stereocenters. The van der Waals surface area contributed by atoms with E-state index in [9.17, 15) is 0 Å². The zero-order valence-electron chi connectivity index (χ0n) is 7.63. The molecule has 0 aromatic heterocycles. The lowest BCUT2D eigenvalue weighted by molar-refractivity contribution is 0.339. The predicted molar refractivity (Wildman–Crippen MR) is 54.4 cm³/mol. The van der Waals surface area contributed by atoms with Crippen molar-refractivity contribution in [2.75, 3.05) is 0 Å². The molecule has 2 aliphatic rings. The maximum atomic E-state index is 8.88. The van der Waals surface area contributed by atoms with Crippen LogP contribution in [0.3, 0.4) is 0 Å². The average Bonchev–Trinajstić information content (AvgIpc) is 2.46. The lowest BCUT2D eigenvalue weighted by Gasteiger charge is -2.32. The summed E-state index contributed by atoms with van der Waals surface area (Å²) in [7, 11) is 0. The Kier molecular flexibility index (Phi) is 2.59. The molecule has 1 aliphatic carbocycles. The molecule has 0 radical (unpaired) electrons. The van der Waals surface area contributed by atoms with E-state index in [-0.39, 0.29) is 5.92 Å². The molecule has 13 heavy (non-hydrogen) atoms. The van der Waals surface area contributed by atoms with Crippen molar-refractivity contribution in [2.24, 2.45) is 5.92 Å². The normalized spacial score (nSPS) is 49.8. The summed E-state index contributed by atoms with van der Waals surface area (Å²) in [6, 6.07) is 3.33. The SMILES string of the molecule is CC1NC2CC(C#N)CC(Br)C2N1. The van der Waals surface area contributed by atoms with Crippen LogP contribution in [0.15, 0.2) is 0 Å². The van der Waals surface area contributed by atoms with Gasteiger partial charge in [-0.25, -0.2) is 0 Å². The van der Waals surface area contributed by atoms with Gasteiger partial charge in [-0.15, -0.1) is 0 Å². The molecule has 3 nitrogen and oxygen atoms in total. The second-order valence-electron chi connectivity index (χ2n) is 4.00. The van der Waals surface area contributed by atoms with Crippen LogP contribution in [0.4, 0.5) is 0 Å². The average molecular weight is 244 g/mol. The molecule has 4 heteroatoms. The van der Waals surface area contributed by atoms with Crippen LogP contribution in [0.1, 0.15) is 19.8 Å². The molecule has 0 aromatic rings. The molecule has 2 N–H and O–H groups in total. The second kappa shape index (κ2) is 3.56. The number of fused-ring (bicyclic) bond motifs is 1. The summed E-state index contributed by atoms with van der Waals surface area (Å²) >= 11 is 3.65. The molecular formula is C9H14BrN3. The Morgan fingerprint density at radius 3 is 2.85 bits per heavy atom. The van der Waals surface area contributed by atoms with Gasteiger partial charge in [0.15, 0.2) is 0 Å². The van der Waals surface area contributed by atoms with E-state index in [4.69, 9.17) is 5.26 Å². The van der Waals surface area contributed by atoms with Crippen molar-refractivity contribution in [3.8, 4) is 6.07 Å². The molecule has 5 atom stereocenters. The van der Waals surface area contributed by atoms with Gasteiger partial charge < -0.3 is 0 Å². The highest BCUT2D eigenvalue weighted by atomic mass is 79.9. The minimum Gasteiger partial charge on any atom is -0.298 e. The van der Waals surface area contributed by atoms with E-state index >= 15 is 0 Å². The van der Waals surface area contributed by atoms with Gasteiger partial charge in [0.2, 0.25) is 0 Å². The van der Waals surface area contributed by atoms with Gasteiger partial charge >= 0.3 is 0 Å². The summed E-state index contributed by atoms with van der Waals surface area (Å²) in [5.74, 6) is 0.213. The van der Waals surface area contributed by atoms with Gasteiger partial charge in [0.1, 0.15) is 0 Å². The Morgan fingerprint density at radius 1 is 1.38 bits per heavy atom. The number of nitriles is 1. The fraction of sp³-hybridized carbons (Fsp3) is 0.889. The molecular weight excluding hydrogens is 230 g/mol. The smallest absolute Gasteiger partial charge is 0.0656 e. The Labute approximate surface area is 87.0 Å². The van der Waals surface area contributed by atoms with Crippen molar-refractivity contribution in [2.45, 2.75) is 42.8 Å². The van der Waals surface area contributed by atoms with Crippen LogP contribution in [0.25, 0.3) is 0 Å². The van der Waals surface area contributed by atoms with Crippen molar-refractivity contribution in [3.05, 3.63) is 0 Å². The quantitative estimate of drug-likeness (QED) is 0.624. The third-order valence-corrected chi connectivity index (χ3v) is 3.90. The predicted octanol–water partition coefficient (Wildman–Crippen LogP) is 0.959. The van der Waals surface area contributed by atoms with Crippen LogP contribution in [0.5, 0.6) is 0 Å². The van der Waals surface area contributed by atoms with E-state index in [0.717, 1.165) is 12.8 Å². The monoisotopic (exact) mass is 243 g/mol. The molecule has 1 aliphatic heterocycles. The fourth-order valence-corrected chi connectivity index (χ4v) is 3.35. The minimum absolute atomic E-state index is 0.213. The Balaban J connectivity index is 2.07. The summed E-state index contributed by atoms with van der Waals surface area (Å²) in [6.07, 6.45) is 2.34. The molecule has 0 aromatic carbocycles. The van der Waals surface area contributed by atoms with Crippen molar-refractivity contribution in [3.63, 3.8) is 0 Å². The van der Waals surface area contributed by atoms with Crippen LogP contribution in [0.2, 0.25) is 0 Å². The number of nitrogens with one attached hydrogen (secondary N) is 2. The largest absolute Gasteiger partial charge is 0.298 e. The minimum atomic E-state index is 0.213. The molecule has 72 valence electrons. The molecule has 2 rings (SSSR count). The van der Waals surface area contributed by atoms with Crippen molar-refractivity contribution < 1.29 is 0 Å².